The summed E-state index contributed by atoms with van der Waals surface area (Å²) in [5.74, 6) is -0.283. The minimum absolute atomic E-state index is 0.0804. The third kappa shape index (κ3) is 5.06. The van der Waals surface area contributed by atoms with E-state index in [0.717, 1.165) is 0 Å². The van der Waals surface area contributed by atoms with Crippen molar-refractivity contribution in [3.63, 3.8) is 0 Å². The normalized spacial score (nSPS) is 17.8. The summed E-state index contributed by atoms with van der Waals surface area (Å²) in [7, 11) is 5.37. The summed E-state index contributed by atoms with van der Waals surface area (Å²) in [5.41, 5.74) is 1.35. The van der Waals surface area contributed by atoms with Crippen molar-refractivity contribution in [2.45, 2.75) is 12.8 Å². The molecule has 24 heavy (non-hydrogen) atoms. The molecule has 1 aliphatic heterocycles. The lowest BCUT2D eigenvalue weighted by molar-refractivity contribution is -0.135. The maximum Gasteiger partial charge on any atom is 0.238 e. The average Bonchev–Trinajstić information content (AvgIpc) is 2.51. The Morgan fingerprint density at radius 3 is 2.29 bits per heavy atom. The summed E-state index contributed by atoms with van der Waals surface area (Å²) >= 11 is 0. The largest absolute Gasteiger partial charge is 0.345 e. The van der Waals surface area contributed by atoms with Gasteiger partial charge in [-0.05, 0) is 44.8 Å². The molecule has 0 radical (unpaired) electrons. The summed E-state index contributed by atoms with van der Waals surface area (Å²) in [6.45, 7) is 0.760. The monoisotopic (exact) mass is 332 g/mol. The van der Waals surface area contributed by atoms with Gasteiger partial charge in [-0.25, -0.2) is 0 Å². The zero-order valence-electron chi connectivity index (χ0n) is 14.3. The molecule has 1 unspecified atom stereocenters. The number of piperidine rings is 1. The predicted molar refractivity (Wildman–Crippen MR) is 92.6 cm³/mol. The van der Waals surface area contributed by atoms with Crippen LogP contribution in [0.3, 0.4) is 0 Å². The molecule has 0 bridgehead atoms. The van der Waals surface area contributed by atoms with Crippen LogP contribution in [0.5, 0.6) is 0 Å². The van der Waals surface area contributed by atoms with Gasteiger partial charge in [0.2, 0.25) is 17.7 Å². The maximum absolute atomic E-state index is 12.3. The van der Waals surface area contributed by atoms with E-state index in [2.05, 4.69) is 10.6 Å². The molecule has 1 atom stereocenters. The lowest BCUT2D eigenvalue weighted by Crippen LogP contribution is -2.41. The van der Waals surface area contributed by atoms with Crippen molar-refractivity contribution in [1.29, 1.82) is 0 Å². The molecular weight excluding hydrogens is 308 g/mol. The molecule has 0 spiro atoms. The molecule has 1 heterocycles. The van der Waals surface area contributed by atoms with Crippen LogP contribution in [0.4, 0.5) is 11.4 Å². The fraction of sp³-hybridized carbons (Fsp3) is 0.471. The second-order valence-corrected chi connectivity index (χ2v) is 6.36. The second kappa shape index (κ2) is 7.92. The molecule has 1 aromatic rings. The highest BCUT2D eigenvalue weighted by Crippen LogP contribution is 2.19. The molecule has 0 saturated carbocycles. The molecule has 0 aliphatic carbocycles. The van der Waals surface area contributed by atoms with Gasteiger partial charge in [0.1, 0.15) is 0 Å². The van der Waals surface area contributed by atoms with E-state index in [1.807, 2.05) is 14.1 Å². The van der Waals surface area contributed by atoms with E-state index in [9.17, 15) is 14.4 Å². The van der Waals surface area contributed by atoms with Crippen LogP contribution in [0.2, 0.25) is 0 Å². The smallest absolute Gasteiger partial charge is 0.238 e. The van der Waals surface area contributed by atoms with Crippen molar-refractivity contribution in [2.75, 3.05) is 44.9 Å². The van der Waals surface area contributed by atoms with Crippen LogP contribution in [0, 0.1) is 5.92 Å². The molecule has 1 fully saturated rings. The Morgan fingerprint density at radius 2 is 1.75 bits per heavy atom. The number of carbonyl (C=O) groups excluding carboxylic acids is 3. The number of likely N-dealkylation sites (N-methyl/N-ethyl adjacent to an activating group) is 1. The topological polar surface area (TPSA) is 81.8 Å². The van der Waals surface area contributed by atoms with E-state index < -0.39 is 0 Å². The summed E-state index contributed by atoms with van der Waals surface area (Å²) in [5, 5.41) is 5.65. The minimum Gasteiger partial charge on any atom is -0.345 e. The van der Waals surface area contributed by atoms with Gasteiger partial charge in [0.25, 0.3) is 0 Å². The van der Waals surface area contributed by atoms with E-state index >= 15 is 0 Å². The number of anilines is 2. The summed E-state index contributed by atoms with van der Waals surface area (Å²) < 4.78 is 0. The lowest BCUT2D eigenvalue weighted by Gasteiger charge is -2.28. The molecule has 1 saturated heterocycles. The van der Waals surface area contributed by atoms with Gasteiger partial charge in [0.15, 0.2) is 0 Å². The van der Waals surface area contributed by atoms with Gasteiger partial charge in [0.05, 0.1) is 12.5 Å². The first-order valence-electron chi connectivity index (χ1n) is 7.94. The predicted octanol–water partition coefficient (Wildman–Crippen LogP) is 0.994. The first-order valence-corrected chi connectivity index (χ1v) is 7.94. The van der Waals surface area contributed by atoms with E-state index in [0.29, 0.717) is 37.3 Å². The molecular formula is C17H24N4O3. The van der Waals surface area contributed by atoms with Crippen LogP contribution >= 0.6 is 0 Å². The SMILES string of the molecule is CN(C)CC(=O)Nc1ccc(NC(=O)C2CCC(=O)N(C)C2)cc1. The third-order valence-electron chi connectivity index (χ3n) is 3.89. The van der Waals surface area contributed by atoms with Gasteiger partial charge in [-0.2, -0.15) is 0 Å². The summed E-state index contributed by atoms with van der Waals surface area (Å²) in [6, 6.07) is 7.00. The summed E-state index contributed by atoms with van der Waals surface area (Å²) in [6.07, 6.45) is 0.985. The second-order valence-electron chi connectivity index (χ2n) is 6.36. The van der Waals surface area contributed by atoms with Gasteiger partial charge in [-0.15, -0.1) is 0 Å². The average molecular weight is 332 g/mol. The Balaban J connectivity index is 1.88. The molecule has 3 amide bonds. The molecule has 0 aromatic heterocycles. The molecule has 7 heteroatoms. The Hall–Kier alpha value is -2.41. The van der Waals surface area contributed by atoms with Crippen LogP contribution in [-0.2, 0) is 14.4 Å². The van der Waals surface area contributed by atoms with Gasteiger partial charge >= 0.3 is 0 Å². The van der Waals surface area contributed by atoms with Crippen LogP contribution in [0.25, 0.3) is 0 Å². The number of hydrogen-bond acceptors (Lipinski definition) is 4. The molecule has 1 aromatic carbocycles. The van der Waals surface area contributed by atoms with E-state index in [-0.39, 0.29) is 23.6 Å². The molecule has 2 rings (SSSR count). The van der Waals surface area contributed by atoms with Gasteiger partial charge in [-0.3, -0.25) is 14.4 Å². The quantitative estimate of drug-likeness (QED) is 0.843. The zero-order chi connectivity index (χ0) is 17.7. The highest BCUT2D eigenvalue weighted by Gasteiger charge is 2.28. The van der Waals surface area contributed by atoms with Crippen molar-refractivity contribution in [2.24, 2.45) is 5.92 Å². The maximum atomic E-state index is 12.3. The van der Waals surface area contributed by atoms with E-state index in [1.165, 1.54) is 0 Å². The van der Waals surface area contributed by atoms with Gasteiger partial charge in [0, 0.05) is 31.4 Å². The number of nitrogens with zero attached hydrogens (tertiary/aromatic N) is 2. The fourth-order valence-corrected chi connectivity index (χ4v) is 2.60. The highest BCUT2D eigenvalue weighted by molar-refractivity contribution is 5.95. The number of rotatable bonds is 5. The van der Waals surface area contributed by atoms with E-state index in [4.69, 9.17) is 0 Å². The zero-order valence-corrected chi connectivity index (χ0v) is 14.3. The Morgan fingerprint density at radius 1 is 1.17 bits per heavy atom. The lowest BCUT2D eigenvalue weighted by atomic mass is 9.97. The van der Waals surface area contributed by atoms with Gasteiger partial charge in [-0.1, -0.05) is 0 Å². The Labute approximate surface area is 142 Å². The molecule has 7 nitrogen and oxygen atoms in total. The van der Waals surface area contributed by atoms with Crippen molar-refractivity contribution >= 4 is 29.1 Å². The first-order chi connectivity index (χ1) is 11.3. The highest BCUT2D eigenvalue weighted by atomic mass is 16.2. The van der Waals surface area contributed by atoms with Crippen LogP contribution in [0.1, 0.15) is 12.8 Å². The van der Waals surface area contributed by atoms with Crippen molar-refractivity contribution in [3.05, 3.63) is 24.3 Å². The number of carbonyl (C=O) groups is 3. The molecule has 130 valence electrons. The third-order valence-corrected chi connectivity index (χ3v) is 3.89. The minimum atomic E-state index is -0.188. The molecule has 1 aliphatic rings. The first kappa shape index (κ1) is 17.9. The number of nitrogens with one attached hydrogen (secondary N) is 2. The Bertz CT molecular complexity index is 613. The fourth-order valence-electron chi connectivity index (χ4n) is 2.60. The van der Waals surface area contributed by atoms with Crippen LogP contribution < -0.4 is 10.6 Å². The number of amides is 3. The van der Waals surface area contributed by atoms with Crippen molar-refractivity contribution in [1.82, 2.24) is 9.80 Å². The van der Waals surface area contributed by atoms with Crippen molar-refractivity contribution in [3.8, 4) is 0 Å². The van der Waals surface area contributed by atoms with Crippen molar-refractivity contribution < 1.29 is 14.4 Å². The number of likely N-dealkylation sites (tertiary alicyclic amines) is 1. The van der Waals surface area contributed by atoms with Gasteiger partial charge < -0.3 is 20.4 Å². The van der Waals surface area contributed by atoms with Crippen LogP contribution in [-0.4, -0.2) is 61.8 Å². The number of hydrogen-bond donors (Lipinski definition) is 2. The number of benzene rings is 1. The molecule has 2 N–H and O–H groups in total. The summed E-state index contributed by atoms with van der Waals surface area (Å²) in [4.78, 5) is 38.8. The van der Waals surface area contributed by atoms with Crippen LogP contribution in [0.15, 0.2) is 24.3 Å². The van der Waals surface area contributed by atoms with E-state index in [1.54, 1.807) is 41.1 Å². The standard InChI is InChI=1S/C17H24N4O3/c1-20(2)11-15(22)18-13-5-7-14(8-6-13)19-17(24)12-4-9-16(23)21(3)10-12/h5-8,12H,4,9-11H2,1-3H3,(H,18,22)(H,19,24). The Kier molecular flexibility index (Phi) is 5.92.